The van der Waals surface area contributed by atoms with Crippen molar-refractivity contribution in [3.8, 4) is 6.57 Å². The van der Waals surface area contributed by atoms with Crippen LogP contribution >= 0.6 is 0 Å². The molecule has 0 radical (unpaired) electrons. The molecule has 3 heteroatoms. The van der Waals surface area contributed by atoms with Crippen LogP contribution in [-0.4, -0.2) is 0 Å². The number of nitrogens with two attached hydrogens (primary N) is 2. The minimum atomic E-state index is 2.00. The molecule has 1 rings (SSSR count). The van der Waals surface area contributed by atoms with Crippen LogP contribution in [0.4, 0.5) is 0 Å². The van der Waals surface area contributed by atoms with Gasteiger partial charge < -0.3 is 0 Å². The third-order valence-corrected chi connectivity index (χ3v) is 0.667. The van der Waals surface area contributed by atoms with Crippen molar-refractivity contribution in [1.29, 1.82) is 5.26 Å². The van der Waals surface area contributed by atoms with Gasteiger partial charge in [-0.1, -0.05) is 36.4 Å². The van der Waals surface area contributed by atoms with E-state index in [1.807, 2.05) is 36.4 Å². The van der Waals surface area contributed by atoms with Crippen LogP contribution in [0, 0.1) is 11.8 Å². The van der Waals surface area contributed by atoms with E-state index in [1.54, 1.807) is 0 Å². The molecule has 0 saturated carbocycles. The molecule has 0 fully saturated rings. The van der Waals surface area contributed by atoms with Crippen LogP contribution in [0.5, 0.6) is 0 Å². The van der Waals surface area contributed by atoms with E-state index in [4.69, 9.17) is 5.26 Å². The molecule has 0 aliphatic heterocycles. The van der Waals surface area contributed by atoms with E-state index >= 15 is 0 Å². The third kappa shape index (κ3) is 9.80. The van der Waals surface area contributed by atoms with Gasteiger partial charge in [-0.05, 0) is 0 Å². The van der Waals surface area contributed by atoms with Crippen LogP contribution in [0.2, 0.25) is 0 Å². The first-order valence-electron chi connectivity index (χ1n) is 2.59. The average Bonchev–Trinajstić information content (AvgIpc) is 2.14. The average molecular weight is 137 g/mol. The van der Waals surface area contributed by atoms with Gasteiger partial charge in [0.15, 0.2) is 0 Å². The number of rotatable bonds is 0. The summed E-state index contributed by atoms with van der Waals surface area (Å²) in [6.45, 7) is 3.50. The fourth-order valence-electron chi connectivity index (χ4n) is 0.385. The van der Waals surface area contributed by atoms with Crippen molar-refractivity contribution >= 4 is 0 Å². The Bertz CT molecular complexity index is 109. The Morgan fingerprint density at radius 1 is 0.700 bits per heavy atom. The molecular weight excluding hydrogens is 126 g/mol. The lowest BCUT2D eigenvalue weighted by molar-refractivity contribution is 1.26. The molecule has 0 atom stereocenters. The van der Waals surface area contributed by atoms with E-state index in [0.29, 0.717) is 0 Å². The topological polar surface area (TPSA) is 75.8 Å². The molecule has 10 heavy (non-hydrogen) atoms. The van der Waals surface area contributed by atoms with Crippen LogP contribution in [0.15, 0.2) is 36.4 Å². The van der Waals surface area contributed by atoms with Crippen LogP contribution in [0.1, 0.15) is 0 Å². The smallest absolute Gasteiger partial charge is 0.0462 e. The number of nitriles is 1. The van der Waals surface area contributed by atoms with Gasteiger partial charge in [0.1, 0.15) is 0 Å². The fraction of sp³-hybridized carbons (Fsp3) is 0. The van der Waals surface area contributed by atoms with Crippen LogP contribution in [-0.2, 0) is 0 Å². The molecule has 3 nitrogen and oxygen atoms in total. The molecule has 1 aromatic carbocycles. The molecule has 54 valence electrons. The highest BCUT2D eigenvalue weighted by Gasteiger charge is 1.57. The van der Waals surface area contributed by atoms with E-state index in [-0.39, 0.29) is 0 Å². The molecule has 0 bridgehead atoms. The van der Waals surface area contributed by atoms with Crippen molar-refractivity contribution in [2.24, 2.45) is 11.7 Å². The maximum absolute atomic E-state index is 6.50. The third-order valence-electron chi connectivity index (χ3n) is 0.667. The second kappa shape index (κ2) is 15.6. The summed E-state index contributed by atoms with van der Waals surface area (Å²) in [6.07, 6.45) is 0. The summed E-state index contributed by atoms with van der Waals surface area (Å²) in [6, 6.07) is 12.0. The van der Waals surface area contributed by atoms with Gasteiger partial charge in [-0.2, -0.15) is 0 Å². The van der Waals surface area contributed by atoms with Crippen molar-refractivity contribution in [3.63, 3.8) is 0 Å². The highest BCUT2D eigenvalue weighted by molar-refractivity contribution is 4.99. The van der Waals surface area contributed by atoms with Gasteiger partial charge in [-0.15, -0.1) is 0 Å². The maximum Gasteiger partial charge on any atom is 0.0462 e. The first kappa shape index (κ1) is 11.4. The van der Waals surface area contributed by atoms with Gasteiger partial charge in [0.05, 0.1) is 0 Å². The predicted molar refractivity (Wildman–Crippen MR) is 41.5 cm³/mol. The lowest BCUT2D eigenvalue weighted by Gasteiger charge is -1.69. The summed E-state index contributed by atoms with van der Waals surface area (Å²) in [5.74, 6) is 8.00. The molecule has 0 saturated heterocycles. The zero-order valence-corrected chi connectivity index (χ0v) is 5.64. The lowest BCUT2D eigenvalue weighted by atomic mass is 10.4. The Morgan fingerprint density at radius 3 is 0.900 bits per heavy atom. The molecule has 0 aromatic heterocycles. The van der Waals surface area contributed by atoms with Gasteiger partial charge in [0.25, 0.3) is 0 Å². The van der Waals surface area contributed by atoms with Gasteiger partial charge in [-0.25, -0.2) is 5.26 Å². The van der Waals surface area contributed by atoms with Crippen LogP contribution in [0.25, 0.3) is 0 Å². The van der Waals surface area contributed by atoms with Gasteiger partial charge in [0.2, 0.25) is 0 Å². The second-order valence-corrected chi connectivity index (χ2v) is 1.15. The van der Waals surface area contributed by atoms with Crippen LogP contribution in [0.3, 0.4) is 0 Å². The molecule has 0 aliphatic carbocycles. The van der Waals surface area contributed by atoms with Gasteiger partial charge in [-0.3, -0.25) is 11.7 Å². The second-order valence-electron chi connectivity index (χ2n) is 1.15. The Hall–Kier alpha value is -1.37. The summed E-state index contributed by atoms with van der Waals surface area (Å²) in [7, 11) is 0. The molecule has 1 aromatic rings. The van der Waals surface area contributed by atoms with Crippen molar-refractivity contribution < 1.29 is 0 Å². The predicted octanol–water partition coefficient (Wildman–Crippen LogP) is 0.645. The first-order chi connectivity index (χ1) is 5.00. The molecule has 0 unspecified atom stereocenters. The van der Waals surface area contributed by atoms with Gasteiger partial charge >= 0.3 is 0 Å². The number of nitrogens with zero attached hydrogens (tertiary/aromatic N) is 1. The molecule has 0 amide bonds. The zero-order chi connectivity index (χ0) is 8.24. The largest absolute Gasteiger partial charge is 0.274 e. The fourth-order valence-corrected chi connectivity index (χ4v) is 0.385. The Balaban J connectivity index is 0. The van der Waals surface area contributed by atoms with Crippen molar-refractivity contribution in [2.45, 2.75) is 0 Å². The molecular formula is C7H11N3. The molecule has 0 aliphatic rings. The SMILES string of the molecule is C#N.NN.c1ccccc1. The maximum atomic E-state index is 6.50. The molecule has 0 spiro atoms. The van der Waals surface area contributed by atoms with E-state index in [2.05, 4.69) is 18.3 Å². The summed E-state index contributed by atoms with van der Waals surface area (Å²) in [5, 5.41) is 6.50. The molecule has 4 N–H and O–H groups in total. The minimum absolute atomic E-state index is 2.00. The quantitative estimate of drug-likeness (QED) is 0.407. The van der Waals surface area contributed by atoms with Crippen molar-refractivity contribution in [3.05, 3.63) is 36.4 Å². The first-order valence-corrected chi connectivity index (χ1v) is 2.59. The molecule has 0 heterocycles. The van der Waals surface area contributed by atoms with Crippen molar-refractivity contribution in [1.82, 2.24) is 0 Å². The summed E-state index contributed by atoms with van der Waals surface area (Å²) >= 11 is 0. The van der Waals surface area contributed by atoms with E-state index in [9.17, 15) is 0 Å². The Labute approximate surface area is 60.9 Å². The Morgan fingerprint density at radius 2 is 0.800 bits per heavy atom. The number of hydrogen-bond donors (Lipinski definition) is 2. The normalized spacial score (nSPS) is 5.60. The van der Waals surface area contributed by atoms with Gasteiger partial charge in [0, 0.05) is 6.57 Å². The summed E-state index contributed by atoms with van der Waals surface area (Å²) in [4.78, 5) is 0. The summed E-state index contributed by atoms with van der Waals surface area (Å²) in [5.41, 5.74) is 0. The summed E-state index contributed by atoms with van der Waals surface area (Å²) < 4.78 is 0. The zero-order valence-electron chi connectivity index (χ0n) is 5.64. The Kier molecular flexibility index (Phi) is 17.9. The highest BCUT2D eigenvalue weighted by atomic mass is 15.0. The number of hydrogen-bond acceptors (Lipinski definition) is 3. The lowest BCUT2D eigenvalue weighted by Crippen LogP contribution is -2.02. The number of benzene rings is 1. The van der Waals surface area contributed by atoms with E-state index in [0.717, 1.165) is 0 Å². The van der Waals surface area contributed by atoms with Crippen LogP contribution < -0.4 is 11.7 Å². The highest BCUT2D eigenvalue weighted by Crippen LogP contribution is 1.79. The van der Waals surface area contributed by atoms with Crippen molar-refractivity contribution in [2.75, 3.05) is 0 Å². The standard InChI is InChI=1S/C6H6.CHN.H4N2/c1-2-4-6-5-3-1;2*1-2/h1-6H;1H;1-2H2. The number of hydrazine groups is 1. The monoisotopic (exact) mass is 137 g/mol. The minimum Gasteiger partial charge on any atom is -0.274 e. The van der Waals surface area contributed by atoms with E-state index < -0.39 is 0 Å². The van der Waals surface area contributed by atoms with E-state index in [1.165, 1.54) is 0 Å².